The van der Waals surface area contributed by atoms with Gasteiger partial charge in [-0.25, -0.2) is 4.98 Å². The maximum atomic E-state index is 13.2. The summed E-state index contributed by atoms with van der Waals surface area (Å²) in [5.74, 6) is 0.906. The van der Waals surface area contributed by atoms with Crippen molar-refractivity contribution in [3.05, 3.63) is 51.9 Å². The van der Waals surface area contributed by atoms with E-state index in [0.29, 0.717) is 18.6 Å². The number of benzene rings is 1. The third-order valence-electron chi connectivity index (χ3n) is 4.84. The van der Waals surface area contributed by atoms with E-state index in [0.717, 1.165) is 40.0 Å². The Morgan fingerprint density at radius 2 is 1.96 bits per heavy atom. The van der Waals surface area contributed by atoms with E-state index in [1.807, 2.05) is 22.8 Å². The van der Waals surface area contributed by atoms with Gasteiger partial charge in [-0.1, -0.05) is 30.3 Å². The minimum Gasteiger partial charge on any atom is -0.307 e. The minimum absolute atomic E-state index is 0.134. The van der Waals surface area contributed by atoms with Crippen molar-refractivity contribution in [2.24, 2.45) is 0 Å². The van der Waals surface area contributed by atoms with Gasteiger partial charge in [0.05, 0.1) is 11.9 Å². The molecule has 5 heteroatoms. The molecule has 3 aromatic rings. The van der Waals surface area contributed by atoms with Gasteiger partial charge in [0.2, 0.25) is 0 Å². The van der Waals surface area contributed by atoms with E-state index in [-0.39, 0.29) is 5.56 Å². The van der Waals surface area contributed by atoms with Crippen molar-refractivity contribution in [3.8, 4) is 11.1 Å². The maximum Gasteiger partial charge on any atom is 0.263 e. The smallest absolute Gasteiger partial charge is 0.263 e. The van der Waals surface area contributed by atoms with Crippen LogP contribution in [0.3, 0.4) is 0 Å². The van der Waals surface area contributed by atoms with E-state index < -0.39 is 0 Å². The summed E-state index contributed by atoms with van der Waals surface area (Å²) in [5.41, 5.74) is 2.24. The zero-order chi connectivity index (χ0) is 16.1. The Balaban J connectivity index is 1.67. The lowest BCUT2D eigenvalue weighted by atomic mass is 10.1. The van der Waals surface area contributed by atoms with E-state index >= 15 is 0 Å². The Hall–Kier alpha value is -1.98. The molecule has 1 aromatic carbocycles. The fourth-order valence-electron chi connectivity index (χ4n) is 3.23. The lowest BCUT2D eigenvalue weighted by Gasteiger charge is -2.12. The summed E-state index contributed by atoms with van der Waals surface area (Å²) >= 11 is 1.58. The average molecular weight is 337 g/mol. The first-order chi connectivity index (χ1) is 11.8. The molecule has 2 fully saturated rings. The van der Waals surface area contributed by atoms with Gasteiger partial charge < -0.3 is 5.32 Å². The lowest BCUT2D eigenvalue weighted by molar-refractivity contribution is 0.581. The molecule has 24 heavy (non-hydrogen) atoms. The zero-order valence-electron chi connectivity index (χ0n) is 13.4. The van der Waals surface area contributed by atoms with Crippen LogP contribution in [0.5, 0.6) is 0 Å². The Bertz CT molecular complexity index is 952. The van der Waals surface area contributed by atoms with E-state index in [1.165, 1.54) is 12.8 Å². The van der Waals surface area contributed by atoms with Crippen LogP contribution in [0.1, 0.15) is 37.5 Å². The van der Waals surface area contributed by atoms with Gasteiger partial charge in [-0.15, -0.1) is 11.3 Å². The van der Waals surface area contributed by atoms with Crippen molar-refractivity contribution in [1.82, 2.24) is 14.9 Å². The fourth-order valence-corrected chi connectivity index (χ4v) is 4.19. The molecule has 0 atom stereocenters. The van der Waals surface area contributed by atoms with Crippen LogP contribution in [0.2, 0.25) is 0 Å². The maximum absolute atomic E-state index is 13.2. The molecule has 4 nitrogen and oxygen atoms in total. The number of aromatic nitrogens is 2. The zero-order valence-corrected chi connectivity index (χ0v) is 14.2. The molecule has 0 saturated heterocycles. The summed E-state index contributed by atoms with van der Waals surface area (Å²) in [7, 11) is 0. The Morgan fingerprint density at radius 1 is 1.17 bits per heavy atom. The number of rotatable bonds is 5. The predicted molar refractivity (Wildman–Crippen MR) is 97.4 cm³/mol. The largest absolute Gasteiger partial charge is 0.307 e. The first-order valence-electron chi connectivity index (χ1n) is 8.62. The molecule has 2 aliphatic carbocycles. The summed E-state index contributed by atoms with van der Waals surface area (Å²) in [6, 6.07) is 11.1. The Kier molecular flexibility index (Phi) is 3.31. The second-order valence-electron chi connectivity index (χ2n) is 6.79. The molecule has 122 valence electrons. The molecule has 2 aromatic heterocycles. The number of thiophene rings is 1. The lowest BCUT2D eigenvalue weighted by Crippen LogP contribution is -2.28. The van der Waals surface area contributed by atoms with Crippen molar-refractivity contribution < 1.29 is 0 Å². The topological polar surface area (TPSA) is 46.9 Å². The molecule has 0 unspecified atom stereocenters. The number of hydrogen-bond acceptors (Lipinski definition) is 4. The molecule has 2 saturated carbocycles. The van der Waals surface area contributed by atoms with Crippen molar-refractivity contribution in [2.45, 2.75) is 44.3 Å². The van der Waals surface area contributed by atoms with Crippen LogP contribution in [-0.2, 0) is 6.54 Å². The van der Waals surface area contributed by atoms with Crippen LogP contribution in [0.25, 0.3) is 21.3 Å². The van der Waals surface area contributed by atoms with E-state index in [1.54, 1.807) is 11.3 Å². The highest BCUT2D eigenvalue weighted by atomic mass is 32.1. The van der Waals surface area contributed by atoms with E-state index in [4.69, 9.17) is 4.98 Å². The first-order valence-corrected chi connectivity index (χ1v) is 9.50. The third kappa shape index (κ3) is 2.48. The predicted octanol–water partition coefficient (Wildman–Crippen LogP) is 3.71. The van der Waals surface area contributed by atoms with Crippen molar-refractivity contribution in [1.29, 1.82) is 0 Å². The van der Waals surface area contributed by atoms with Gasteiger partial charge in [-0.2, -0.15) is 0 Å². The van der Waals surface area contributed by atoms with Gasteiger partial charge >= 0.3 is 0 Å². The fraction of sp³-hybridized carbons (Fsp3) is 0.368. The summed E-state index contributed by atoms with van der Waals surface area (Å²) in [4.78, 5) is 19.0. The molecule has 0 aliphatic heterocycles. The molecular formula is C19H19N3OS. The minimum atomic E-state index is 0.134. The summed E-state index contributed by atoms with van der Waals surface area (Å²) < 4.78 is 1.96. The van der Waals surface area contributed by atoms with Crippen molar-refractivity contribution >= 4 is 21.6 Å². The highest BCUT2D eigenvalue weighted by molar-refractivity contribution is 7.17. The van der Waals surface area contributed by atoms with Crippen molar-refractivity contribution in [3.63, 3.8) is 0 Å². The second kappa shape index (κ2) is 5.53. The van der Waals surface area contributed by atoms with Gasteiger partial charge in [0, 0.05) is 23.0 Å². The van der Waals surface area contributed by atoms with Gasteiger partial charge in [0.25, 0.3) is 5.56 Å². The highest BCUT2D eigenvalue weighted by Gasteiger charge is 2.30. The van der Waals surface area contributed by atoms with Gasteiger partial charge in [0.15, 0.2) is 0 Å². The Labute approximate surface area is 144 Å². The van der Waals surface area contributed by atoms with Gasteiger partial charge in [-0.3, -0.25) is 9.36 Å². The molecule has 0 bridgehead atoms. The van der Waals surface area contributed by atoms with Gasteiger partial charge in [0.1, 0.15) is 10.7 Å². The summed E-state index contributed by atoms with van der Waals surface area (Å²) in [6.45, 7) is 0.699. The molecule has 5 rings (SSSR count). The van der Waals surface area contributed by atoms with E-state index in [9.17, 15) is 4.79 Å². The number of hydrogen-bond donors (Lipinski definition) is 1. The molecular weight excluding hydrogens is 318 g/mol. The molecule has 0 amide bonds. The first kappa shape index (κ1) is 14.4. The standard InChI is InChI=1S/C19H19N3OS/c23-19-17-15(12-4-2-1-3-5-12)11-24-18(17)21-16(10-20-13-6-7-13)22(19)14-8-9-14/h1-5,11,13-14,20H,6-10H2. The normalized spacial score (nSPS) is 17.5. The molecule has 1 N–H and O–H groups in total. The quantitative estimate of drug-likeness (QED) is 0.772. The van der Waals surface area contributed by atoms with Crippen LogP contribution in [0.15, 0.2) is 40.5 Å². The third-order valence-corrected chi connectivity index (χ3v) is 5.71. The summed E-state index contributed by atoms with van der Waals surface area (Å²) in [6.07, 6.45) is 4.67. The van der Waals surface area contributed by atoms with Crippen LogP contribution < -0.4 is 10.9 Å². The molecule has 0 spiro atoms. The monoisotopic (exact) mass is 337 g/mol. The number of nitrogens with zero attached hydrogens (tertiary/aromatic N) is 2. The number of nitrogens with one attached hydrogen (secondary N) is 1. The Morgan fingerprint density at radius 3 is 2.67 bits per heavy atom. The number of fused-ring (bicyclic) bond motifs is 1. The van der Waals surface area contributed by atoms with Crippen LogP contribution >= 0.6 is 11.3 Å². The van der Waals surface area contributed by atoms with Crippen molar-refractivity contribution in [2.75, 3.05) is 0 Å². The summed E-state index contributed by atoms with van der Waals surface area (Å²) in [5, 5.41) is 6.37. The average Bonchev–Trinajstić information content (AvgIpc) is 3.52. The van der Waals surface area contributed by atoms with E-state index in [2.05, 4.69) is 22.8 Å². The SMILES string of the molecule is O=c1c2c(-c3ccccc3)csc2nc(CNC2CC2)n1C1CC1. The second-order valence-corrected chi connectivity index (χ2v) is 7.64. The van der Waals surface area contributed by atoms with Crippen LogP contribution in [0.4, 0.5) is 0 Å². The highest BCUT2D eigenvalue weighted by Crippen LogP contribution is 2.37. The molecule has 0 radical (unpaired) electrons. The van der Waals surface area contributed by atoms with Gasteiger partial charge in [-0.05, 0) is 31.2 Å². The molecule has 2 aliphatic rings. The van der Waals surface area contributed by atoms with Crippen LogP contribution in [0, 0.1) is 0 Å². The van der Waals surface area contributed by atoms with Crippen LogP contribution in [-0.4, -0.2) is 15.6 Å². The molecule has 2 heterocycles.